The molecule has 2 rings (SSSR count). The Kier molecular flexibility index (Phi) is 2.27. The van der Waals surface area contributed by atoms with Crippen molar-refractivity contribution in [3.8, 4) is 11.5 Å². The molecule has 0 spiro atoms. The van der Waals surface area contributed by atoms with Crippen LogP contribution in [0.2, 0.25) is 0 Å². The monoisotopic (exact) mass is 189 g/mol. The minimum absolute atomic E-state index is 0.888. The molecular weight excluding hydrogens is 176 g/mol. The van der Waals surface area contributed by atoms with Gasteiger partial charge in [0.15, 0.2) is 7.11 Å². The first-order valence-corrected chi connectivity index (χ1v) is 4.51. The van der Waals surface area contributed by atoms with Gasteiger partial charge in [-0.3, -0.25) is 0 Å². The average molecular weight is 189 g/mol. The van der Waals surface area contributed by atoms with Crippen LogP contribution >= 0.6 is 0 Å². The summed E-state index contributed by atoms with van der Waals surface area (Å²) in [7, 11) is 3.47. The van der Waals surface area contributed by atoms with Crippen LogP contribution in [-0.2, 0) is 0 Å². The second-order valence-electron chi connectivity index (χ2n) is 3.12. The van der Waals surface area contributed by atoms with Crippen LogP contribution in [0, 0.1) is 0 Å². The van der Waals surface area contributed by atoms with Gasteiger partial charge in [0.2, 0.25) is 0 Å². The molecule has 0 saturated heterocycles. The number of aromatic hydroxyl groups is 1. The number of fused-ring (bicyclic) bond motifs is 1. The highest BCUT2D eigenvalue weighted by Crippen LogP contribution is 2.24. The Hall–Kier alpha value is -1.70. The third-order valence-electron chi connectivity index (χ3n) is 2.29. The number of rotatable bonds is 2. The molecule has 0 aliphatic rings. The van der Waals surface area contributed by atoms with Gasteiger partial charge < -0.3 is 9.47 Å². The van der Waals surface area contributed by atoms with E-state index in [0.29, 0.717) is 0 Å². The minimum Gasteiger partial charge on any atom is -0.585 e. The molecule has 0 aromatic heterocycles. The van der Waals surface area contributed by atoms with Crippen molar-refractivity contribution in [1.82, 2.24) is 0 Å². The maximum absolute atomic E-state index is 5.16. The SMILES string of the molecule is COc1ccc2cc([OH+]C)ccc2c1. The van der Waals surface area contributed by atoms with Crippen molar-refractivity contribution in [2.45, 2.75) is 0 Å². The zero-order chi connectivity index (χ0) is 9.97. The van der Waals surface area contributed by atoms with E-state index in [4.69, 9.17) is 4.74 Å². The molecule has 72 valence electrons. The summed E-state index contributed by atoms with van der Waals surface area (Å²) >= 11 is 0. The third-order valence-corrected chi connectivity index (χ3v) is 2.29. The van der Waals surface area contributed by atoms with Crippen LogP contribution in [0.15, 0.2) is 36.4 Å². The number of methoxy groups -OCH3 is 1. The van der Waals surface area contributed by atoms with E-state index >= 15 is 0 Å². The molecule has 0 aliphatic carbocycles. The van der Waals surface area contributed by atoms with Crippen molar-refractivity contribution in [1.29, 1.82) is 0 Å². The highest BCUT2D eigenvalue weighted by molar-refractivity contribution is 5.85. The maximum atomic E-state index is 5.16. The molecule has 0 amide bonds. The predicted octanol–water partition coefficient (Wildman–Crippen LogP) is 2.72. The number of aliphatic hydroxyl groups is 1. The highest BCUT2D eigenvalue weighted by atomic mass is 16.5. The van der Waals surface area contributed by atoms with E-state index in [0.717, 1.165) is 11.5 Å². The normalized spacial score (nSPS) is 10.1. The molecule has 0 atom stereocenters. The zero-order valence-corrected chi connectivity index (χ0v) is 8.32. The van der Waals surface area contributed by atoms with Gasteiger partial charge in [-0.1, -0.05) is 6.07 Å². The average Bonchev–Trinajstić information content (AvgIpc) is 2.27. The molecule has 2 aromatic rings. The fourth-order valence-corrected chi connectivity index (χ4v) is 1.48. The van der Waals surface area contributed by atoms with Crippen molar-refractivity contribution in [2.24, 2.45) is 0 Å². The molecule has 0 radical (unpaired) electrons. The fraction of sp³-hybridized carbons (Fsp3) is 0.167. The van der Waals surface area contributed by atoms with Crippen LogP contribution in [0.5, 0.6) is 11.5 Å². The largest absolute Gasteiger partial charge is 0.585 e. The predicted molar refractivity (Wildman–Crippen MR) is 58.1 cm³/mol. The molecular formula is C12H13O2+. The summed E-state index contributed by atoms with van der Waals surface area (Å²) in [6, 6.07) is 12.1. The second-order valence-corrected chi connectivity index (χ2v) is 3.12. The Morgan fingerprint density at radius 1 is 1.00 bits per heavy atom. The van der Waals surface area contributed by atoms with Crippen LogP contribution in [0.1, 0.15) is 0 Å². The molecule has 0 saturated carbocycles. The zero-order valence-electron chi connectivity index (χ0n) is 8.32. The van der Waals surface area contributed by atoms with E-state index in [-0.39, 0.29) is 0 Å². The molecule has 14 heavy (non-hydrogen) atoms. The van der Waals surface area contributed by atoms with Gasteiger partial charge in [-0.15, -0.1) is 0 Å². The molecule has 2 heteroatoms. The van der Waals surface area contributed by atoms with Gasteiger partial charge in [0, 0.05) is 12.1 Å². The van der Waals surface area contributed by atoms with E-state index in [1.807, 2.05) is 24.3 Å². The smallest absolute Gasteiger partial charge is 0.255 e. The van der Waals surface area contributed by atoms with Gasteiger partial charge in [0.1, 0.15) is 5.75 Å². The molecule has 0 aliphatic heterocycles. The van der Waals surface area contributed by atoms with Crippen molar-refractivity contribution in [2.75, 3.05) is 14.2 Å². The lowest BCUT2D eigenvalue weighted by Crippen LogP contribution is -1.83. The Balaban J connectivity index is 2.57. The number of hydrogen-bond donors (Lipinski definition) is 0. The summed E-state index contributed by atoms with van der Waals surface area (Å²) in [5.74, 6) is 1.89. The number of ether oxygens (including phenoxy) is 2. The lowest BCUT2D eigenvalue weighted by molar-refractivity contribution is 0.137. The van der Waals surface area contributed by atoms with Crippen molar-refractivity contribution in [3.63, 3.8) is 0 Å². The lowest BCUT2D eigenvalue weighted by atomic mass is 10.1. The van der Waals surface area contributed by atoms with E-state index in [1.54, 1.807) is 14.2 Å². The van der Waals surface area contributed by atoms with Gasteiger partial charge in [0.05, 0.1) is 7.11 Å². The van der Waals surface area contributed by atoms with Gasteiger partial charge >= 0.3 is 0 Å². The molecule has 2 aromatic carbocycles. The van der Waals surface area contributed by atoms with Gasteiger partial charge in [-0.05, 0) is 29.0 Å². The van der Waals surface area contributed by atoms with Crippen LogP contribution in [-0.4, -0.2) is 19.0 Å². The van der Waals surface area contributed by atoms with Crippen LogP contribution in [0.25, 0.3) is 10.8 Å². The highest BCUT2D eigenvalue weighted by Gasteiger charge is 2.00. The lowest BCUT2D eigenvalue weighted by Gasteiger charge is -2.03. The summed E-state index contributed by atoms with van der Waals surface area (Å²) in [5, 5.41) is 2.37. The summed E-state index contributed by atoms with van der Waals surface area (Å²) < 4.78 is 9.29. The van der Waals surface area contributed by atoms with E-state index in [1.165, 1.54) is 10.8 Å². The van der Waals surface area contributed by atoms with Crippen molar-refractivity contribution >= 4 is 10.8 Å². The first-order valence-electron chi connectivity index (χ1n) is 4.51. The van der Waals surface area contributed by atoms with Crippen molar-refractivity contribution in [3.05, 3.63) is 36.4 Å². The summed E-state index contributed by atoms with van der Waals surface area (Å²) in [5.41, 5.74) is 0. The number of benzene rings is 2. The van der Waals surface area contributed by atoms with Crippen molar-refractivity contribution < 1.29 is 9.47 Å². The van der Waals surface area contributed by atoms with Gasteiger partial charge in [-0.2, -0.15) is 0 Å². The maximum Gasteiger partial charge on any atom is 0.255 e. The Morgan fingerprint density at radius 2 is 1.71 bits per heavy atom. The fourth-order valence-electron chi connectivity index (χ4n) is 1.48. The summed E-state index contributed by atoms with van der Waals surface area (Å²) in [6.45, 7) is 0. The van der Waals surface area contributed by atoms with Crippen LogP contribution in [0.3, 0.4) is 0 Å². The second kappa shape index (κ2) is 3.58. The van der Waals surface area contributed by atoms with Crippen LogP contribution in [0.4, 0.5) is 0 Å². The third kappa shape index (κ3) is 1.51. The summed E-state index contributed by atoms with van der Waals surface area (Å²) in [4.78, 5) is 0. The summed E-state index contributed by atoms with van der Waals surface area (Å²) in [6.07, 6.45) is 0. The van der Waals surface area contributed by atoms with Gasteiger partial charge in [-0.25, -0.2) is 0 Å². The number of hydrogen-bond acceptors (Lipinski definition) is 1. The molecule has 2 nitrogen and oxygen atoms in total. The molecule has 0 heterocycles. The molecule has 0 fully saturated rings. The Bertz CT molecular complexity index is 406. The Labute approximate surface area is 83.1 Å². The molecule has 0 bridgehead atoms. The first kappa shape index (κ1) is 8.88. The van der Waals surface area contributed by atoms with E-state index in [2.05, 4.69) is 16.9 Å². The van der Waals surface area contributed by atoms with Crippen LogP contribution < -0.4 is 4.74 Å². The van der Waals surface area contributed by atoms with E-state index < -0.39 is 0 Å². The topological polar surface area (TPSA) is 22.0 Å². The standard InChI is InChI=1S/C12H12O2/c1-13-11-5-3-10-8-12(14-2)6-4-9(10)7-11/h3-8H,1-2H3/p+1. The quantitative estimate of drug-likeness (QED) is 0.666. The molecule has 1 N–H and O–H groups in total. The minimum atomic E-state index is 0.888. The Morgan fingerprint density at radius 3 is 2.43 bits per heavy atom. The van der Waals surface area contributed by atoms with Gasteiger partial charge in [0.25, 0.3) is 5.75 Å². The molecule has 0 unspecified atom stereocenters. The first-order chi connectivity index (χ1) is 6.83. The van der Waals surface area contributed by atoms with E-state index in [9.17, 15) is 0 Å².